The standard InChI is InChI=1S/C10H8N2O4/c13-8(14)4-3-7-10(15)12-9-6(16-7)2-1-5-11-9/h1-5,7H,(H,13,14)(H,11,12,15)/b4-3+. The van der Waals surface area contributed by atoms with Crippen molar-refractivity contribution < 1.29 is 19.4 Å². The Kier molecular flexibility index (Phi) is 2.55. The van der Waals surface area contributed by atoms with E-state index in [-0.39, 0.29) is 0 Å². The zero-order valence-electron chi connectivity index (χ0n) is 8.08. The molecule has 82 valence electrons. The lowest BCUT2D eigenvalue weighted by Crippen LogP contribution is -2.35. The number of nitrogens with zero attached hydrogens (tertiary/aromatic N) is 1. The third kappa shape index (κ3) is 2.00. The molecule has 16 heavy (non-hydrogen) atoms. The topological polar surface area (TPSA) is 88.5 Å². The van der Waals surface area contributed by atoms with Crippen LogP contribution >= 0.6 is 0 Å². The minimum Gasteiger partial charge on any atom is -0.478 e. The lowest BCUT2D eigenvalue weighted by atomic mass is 10.2. The van der Waals surface area contributed by atoms with Crippen LogP contribution in [0.4, 0.5) is 5.82 Å². The molecular weight excluding hydrogens is 212 g/mol. The smallest absolute Gasteiger partial charge is 0.328 e. The van der Waals surface area contributed by atoms with Crippen LogP contribution in [-0.2, 0) is 9.59 Å². The Labute approximate surface area is 90.6 Å². The van der Waals surface area contributed by atoms with Gasteiger partial charge in [-0.15, -0.1) is 0 Å². The summed E-state index contributed by atoms with van der Waals surface area (Å²) in [7, 11) is 0. The normalized spacial score (nSPS) is 18.8. The zero-order valence-corrected chi connectivity index (χ0v) is 8.08. The molecule has 2 N–H and O–H groups in total. The molecule has 1 aliphatic heterocycles. The molecule has 1 atom stereocenters. The summed E-state index contributed by atoms with van der Waals surface area (Å²) in [6.45, 7) is 0. The summed E-state index contributed by atoms with van der Waals surface area (Å²) in [6, 6.07) is 3.30. The molecule has 1 aliphatic rings. The van der Waals surface area contributed by atoms with Gasteiger partial charge >= 0.3 is 5.97 Å². The Morgan fingerprint density at radius 3 is 3.19 bits per heavy atom. The highest BCUT2D eigenvalue weighted by atomic mass is 16.5. The first-order valence-corrected chi connectivity index (χ1v) is 4.50. The molecule has 0 bridgehead atoms. The quantitative estimate of drug-likeness (QED) is 0.705. The molecule has 1 unspecified atom stereocenters. The summed E-state index contributed by atoms with van der Waals surface area (Å²) in [5.74, 6) is -0.813. The molecule has 0 aliphatic carbocycles. The van der Waals surface area contributed by atoms with E-state index in [0.29, 0.717) is 11.6 Å². The largest absolute Gasteiger partial charge is 0.478 e. The van der Waals surface area contributed by atoms with Gasteiger partial charge in [0.1, 0.15) is 0 Å². The molecule has 1 amide bonds. The van der Waals surface area contributed by atoms with Crippen molar-refractivity contribution in [3.05, 3.63) is 30.5 Å². The number of rotatable bonds is 2. The number of anilines is 1. The average Bonchev–Trinajstić information content (AvgIpc) is 2.26. The number of nitrogens with one attached hydrogen (secondary N) is 1. The molecule has 6 nitrogen and oxygen atoms in total. The molecule has 1 aromatic heterocycles. The number of aliphatic carboxylic acids is 1. The second-order valence-electron chi connectivity index (χ2n) is 3.08. The number of amides is 1. The number of fused-ring (bicyclic) bond motifs is 1. The number of hydrogen-bond acceptors (Lipinski definition) is 4. The zero-order chi connectivity index (χ0) is 11.5. The minimum atomic E-state index is -1.13. The van der Waals surface area contributed by atoms with E-state index in [4.69, 9.17) is 9.84 Å². The maximum Gasteiger partial charge on any atom is 0.328 e. The molecule has 0 aromatic carbocycles. The molecule has 2 rings (SSSR count). The van der Waals surface area contributed by atoms with Gasteiger partial charge in [-0.25, -0.2) is 9.78 Å². The Morgan fingerprint density at radius 1 is 1.62 bits per heavy atom. The first-order valence-electron chi connectivity index (χ1n) is 4.50. The van der Waals surface area contributed by atoms with Crippen LogP contribution in [0.5, 0.6) is 5.75 Å². The number of hydrogen-bond donors (Lipinski definition) is 2. The number of carbonyl (C=O) groups is 2. The summed E-state index contributed by atoms with van der Waals surface area (Å²) >= 11 is 0. The van der Waals surface area contributed by atoms with Crippen molar-refractivity contribution in [3.63, 3.8) is 0 Å². The third-order valence-corrected chi connectivity index (χ3v) is 1.94. The second-order valence-corrected chi connectivity index (χ2v) is 3.08. The predicted molar refractivity (Wildman–Crippen MR) is 54.1 cm³/mol. The first-order chi connectivity index (χ1) is 7.66. The lowest BCUT2D eigenvalue weighted by Gasteiger charge is -2.22. The fourth-order valence-corrected chi connectivity index (χ4v) is 1.25. The molecule has 0 spiro atoms. The number of aromatic nitrogens is 1. The molecule has 2 heterocycles. The van der Waals surface area contributed by atoms with Crippen molar-refractivity contribution in [2.45, 2.75) is 6.10 Å². The van der Waals surface area contributed by atoms with Gasteiger partial charge in [0.25, 0.3) is 5.91 Å². The van der Waals surface area contributed by atoms with E-state index in [1.165, 1.54) is 12.3 Å². The van der Waals surface area contributed by atoms with Gasteiger partial charge in [-0.3, -0.25) is 4.79 Å². The number of carboxylic acids is 1. The van der Waals surface area contributed by atoms with Crippen LogP contribution < -0.4 is 10.1 Å². The fourth-order valence-electron chi connectivity index (χ4n) is 1.25. The van der Waals surface area contributed by atoms with Crippen LogP contribution in [0.2, 0.25) is 0 Å². The number of ether oxygens (including phenoxy) is 1. The van der Waals surface area contributed by atoms with E-state index in [1.807, 2.05) is 0 Å². The summed E-state index contributed by atoms with van der Waals surface area (Å²) in [6.07, 6.45) is 2.63. The van der Waals surface area contributed by atoms with Crippen LogP contribution in [0.3, 0.4) is 0 Å². The van der Waals surface area contributed by atoms with E-state index in [9.17, 15) is 9.59 Å². The van der Waals surface area contributed by atoms with E-state index in [0.717, 1.165) is 6.08 Å². The van der Waals surface area contributed by atoms with Crippen LogP contribution in [0.15, 0.2) is 30.5 Å². The van der Waals surface area contributed by atoms with Crippen LogP contribution in [0.25, 0.3) is 0 Å². The van der Waals surface area contributed by atoms with Crippen LogP contribution in [0, 0.1) is 0 Å². The van der Waals surface area contributed by atoms with Crippen molar-refractivity contribution in [2.75, 3.05) is 5.32 Å². The molecule has 0 saturated heterocycles. The Bertz CT molecular complexity index is 470. The highest BCUT2D eigenvalue weighted by molar-refractivity contribution is 5.98. The second kappa shape index (κ2) is 4.01. The third-order valence-electron chi connectivity index (χ3n) is 1.94. The number of carboxylic acid groups (broad SMARTS) is 1. The molecule has 1 aromatic rings. The van der Waals surface area contributed by atoms with Gasteiger partial charge in [0.15, 0.2) is 17.7 Å². The Balaban J connectivity index is 2.21. The van der Waals surface area contributed by atoms with Crippen LogP contribution in [-0.4, -0.2) is 28.1 Å². The van der Waals surface area contributed by atoms with Gasteiger partial charge in [0, 0.05) is 12.3 Å². The lowest BCUT2D eigenvalue weighted by molar-refractivity contribution is -0.131. The maximum absolute atomic E-state index is 11.4. The van der Waals surface area contributed by atoms with Crippen molar-refractivity contribution in [1.29, 1.82) is 0 Å². The Hall–Kier alpha value is -2.37. The SMILES string of the molecule is O=C(O)/C=C/C1Oc2cccnc2NC1=O. The predicted octanol–water partition coefficient (Wildman–Crippen LogP) is 0.422. The van der Waals surface area contributed by atoms with Gasteiger partial charge in [-0.05, 0) is 18.2 Å². The van der Waals surface area contributed by atoms with Gasteiger partial charge < -0.3 is 15.2 Å². The van der Waals surface area contributed by atoms with Crippen molar-refractivity contribution in [1.82, 2.24) is 4.98 Å². The van der Waals surface area contributed by atoms with Crippen molar-refractivity contribution >= 4 is 17.7 Å². The van der Waals surface area contributed by atoms with Gasteiger partial charge in [0.2, 0.25) is 0 Å². The molecule has 0 fully saturated rings. The molecular formula is C10H8N2O4. The monoisotopic (exact) mass is 220 g/mol. The minimum absolute atomic E-state index is 0.340. The molecule has 0 radical (unpaired) electrons. The summed E-state index contributed by atoms with van der Waals surface area (Å²) in [5.41, 5.74) is 0. The highest BCUT2D eigenvalue weighted by Gasteiger charge is 2.25. The van der Waals surface area contributed by atoms with E-state index >= 15 is 0 Å². The highest BCUT2D eigenvalue weighted by Crippen LogP contribution is 2.26. The average molecular weight is 220 g/mol. The summed E-state index contributed by atoms with van der Waals surface area (Å²) < 4.78 is 5.27. The number of carbonyl (C=O) groups excluding carboxylic acids is 1. The fraction of sp³-hybridized carbons (Fsp3) is 0.100. The first kappa shape index (κ1) is 10.2. The molecule has 6 heteroatoms. The van der Waals surface area contributed by atoms with E-state index in [2.05, 4.69) is 10.3 Å². The van der Waals surface area contributed by atoms with Crippen LogP contribution in [0.1, 0.15) is 0 Å². The summed E-state index contributed by atoms with van der Waals surface area (Å²) in [5, 5.41) is 11.0. The van der Waals surface area contributed by atoms with E-state index < -0.39 is 18.0 Å². The van der Waals surface area contributed by atoms with Crippen molar-refractivity contribution in [3.8, 4) is 5.75 Å². The maximum atomic E-state index is 11.4. The number of pyridine rings is 1. The van der Waals surface area contributed by atoms with Gasteiger partial charge in [-0.2, -0.15) is 0 Å². The summed E-state index contributed by atoms with van der Waals surface area (Å²) in [4.78, 5) is 25.7. The van der Waals surface area contributed by atoms with Gasteiger partial charge in [0.05, 0.1) is 0 Å². The molecule has 0 saturated carbocycles. The Morgan fingerprint density at radius 2 is 2.44 bits per heavy atom. The van der Waals surface area contributed by atoms with Crippen molar-refractivity contribution in [2.24, 2.45) is 0 Å². The van der Waals surface area contributed by atoms with E-state index in [1.54, 1.807) is 12.1 Å². The van der Waals surface area contributed by atoms with Gasteiger partial charge in [-0.1, -0.05) is 0 Å².